The van der Waals surface area contributed by atoms with E-state index in [0.29, 0.717) is 17.9 Å². The molecule has 0 bridgehead atoms. The van der Waals surface area contributed by atoms with Crippen molar-refractivity contribution in [3.8, 4) is 0 Å². The number of aryl methyl sites for hydroxylation is 1. The van der Waals surface area contributed by atoms with Crippen LogP contribution in [0.2, 0.25) is 0 Å². The van der Waals surface area contributed by atoms with E-state index in [-0.39, 0.29) is 5.97 Å². The fourth-order valence-corrected chi connectivity index (χ4v) is 2.04. The van der Waals surface area contributed by atoms with Gasteiger partial charge in [-0.05, 0) is 37.1 Å². The predicted octanol–water partition coefficient (Wildman–Crippen LogP) is 4.09. The van der Waals surface area contributed by atoms with Crippen LogP contribution in [0.25, 0.3) is 0 Å². The fourth-order valence-electron chi connectivity index (χ4n) is 2.04. The van der Waals surface area contributed by atoms with E-state index < -0.39 is 0 Å². The third-order valence-corrected chi connectivity index (χ3v) is 3.20. The van der Waals surface area contributed by atoms with Gasteiger partial charge in [0, 0.05) is 5.69 Å². The van der Waals surface area contributed by atoms with E-state index in [1.807, 2.05) is 6.92 Å². The van der Waals surface area contributed by atoms with Crippen molar-refractivity contribution >= 4 is 11.7 Å². The number of anilines is 1. The molecule has 0 aromatic heterocycles. The monoisotopic (exact) mass is 263 g/mol. The van der Waals surface area contributed by atoms with Crippen LogP contribution in [0, 0.1) is 6.92 Å². The van der Waals surface area contributed by atoms with Gasteiger partial charge < -0.3 is 10.5 Å². The van der Waals surface area contributed by atoms with Crippen molar-refractivity contribution in [2.45, 2.75) is 52.4 Å². The average molecular weight is 263 g/mol. The number of nitrogen functional groups attached to an aromatic ring is 1. The van der Waals surface area contributed by atoms with Crippen LogP contribution < -0.4 is 5.73 Å². The molecular weight excluding hydrogens is 238 g/mol. The average Bonchev–Trinajstić information content (AvgIpc) is 2.37. The van der Waals surface area contributed by atoms with Gasteiger partial charge in [0.15, 0.2) is 0 Å². The minimum Gasteiger partial charge on any atom is -0.462 e. The highest BCUT2D eigenvalue weighted by atomic mass is 16.5. The summed E-state index contributed by atoms with van der Waals surface area (Å²) in [7, 11) is 0. The van der Waals surface area contributed by atoms with Gasteiger partial charge in [-0.25, -0.2) is 4.79 Å². The summed E-state index contributed by atoms with van der Waals surface area (Å²) < 4.78 is 5.28. The van der Waals surface area contributed by atoms with Gasteiger partial charge in [-0.1, -0.05) is 39.0 Å². The zero-order valence-corrected chi connectivity index (χ0v) is 12.1. The van der Waals surface area contributed by atoms with Crippen molar-refractivity contribution in [3.05, 3.63) is 29.3 Å². The summed E-state index contributed by atoms with van der Waals surface area (Å²) in [6.07, 6.45) is 7.14. The maximum atomic E-state index is 11.8. The van der Waals surface area contributed by atoms with Gasteiger partial charge in [0.2, 0.25) is 0 Å². The molecule has 0 spiro atoms. The molecule has 0 amide bonds. The number of nitrogens with two attached hydrogens (primary N) is 1. The summed E-state index contributed by atoms with van der Waals surface area (Å²) in [5.41, 5.74) is 7.81. The molecule has 3 nitrogen and oxygen atoms in total. The smallest absolute Gasteiger partial charge is 0.338 e. The van der Waals surface area contributed by atoms with Crippen LogP contribution >= 0.6 is 0 Å². The van der Waals surface area contributed by atoms with Gasteiger partial charge in [0.25, 0.3) is 0 Å². The lowest BCUT2D eigenvalue weighted by molar-refractivity contribution is 0.0497. The van der Waals surface area contributed by atoms with E-state index in [9.17, 15) is 4.79 Å². The molecule has 1 aromatic carbocycles. The number of unbranched alkanes of at least 4 members (excludes halogenated alkanes) is 5. The Morgan fingerprint density at radius 1 is 1.16 bits per heavy atom. The van der Waals surface area contributed by atoms with Crippen molar-refractivity contribution in [2.24, 2.45) is 0 Å². The van der Waals surface area contributed by atoms with Crippen LogP contribution in [0.4, 0.5) is 5.69 Å². The number of ether oxygens (including phenoxy) is 1. The highest BCUT2D eigenvalue weighted by molar-refractivity contribution is 5.91. The Morgan fingerprint density at radius 2 is 1.84 bits per heavy atom. The Labute approximate surface area is 116 Å². The first kappa shape index (κ1) is 15.5. The molecule has 0 radical (unpaired) electrons. The quantitative estimate of drug-likeness (QED) is 0.436. The summed E-state index contributed by atoms with van der Waals surface area (Å²) in [6, 6.07) is 5.25. The van der Waals surface area contributed by atoms with Gasteiger partial charge in [-0.3, -0.25) is 0 Å². The summed E-state index contributed by atoms with van der Waals surface area (Å²) in [4.78, 5) is 11.8. The first-order chi connectivity index (χ1) is 9.15. The maximum absolute atomic E-state index is 11.8. The molecule has 0 saturated carbocycles. The van der Waals surface area contributed by atoms with Crippen molar-refractivity contribution in [3.63, 3.8) is 0 Å². The van der Waals surface area contributed by atoms with Crippen molar-refractivity contribution < 1.29 is 9.53 Å². The lowest BCUT2D eigenvalue weighted by atomic mass is 10.1. The number of carbonyl (C=O) groups is 1. The Bertz CT molecular complexity index is 402. The molecule has 19 heavy (non-hydrogen) atoms. The first-order valence-electron chi connectivity index (χ1n) is 7.18. The van der Waals surface area contributed by atoms with Crippen LogP contribution in [-0.2, 0) is 4.74 Å². The second kappa shape index (κ2) is 8.57. The Balaban J connectivity index is 2.24. The van der Waals surface area contributed by atoms with Gasteiger partial charge in [-0.2, -0.15) is 0 Å². The summed E-state index contributed by atoms with van der Waals surface area (Å²) >= 11 is 0. The molecule has 3 heteroatoms. The largest absolute Gasteiger partial charge is 0.462 e. The topological polar surface area (TPSA) is 52.3 Å². The molecule has 0 unspecified atom stereocenters. The van der Waals surface area contributed by atoms with Crippen LogP contribution in [0.15, 0.2) is 18.2 Å². The Morgan fingerprint density at radius 3 is 2.53 bits per heavy atom. The van der Waals surface area contributed by atoms with Crippen LogP contribution in [0.5, 0.6) is 0 Å². The van der Waals surface area contributed by atoms with E-state index >= 15 is 0 Å². The molecule has 0 aliphatic rings. The predicted molar refractivity (Wildman–Crippen MR) is 79.2 cm³/mol. The molecule has 0 heterocycles. The molecule has 1 rings (SSSR count). The fraction of sp³-hybridized carbons (Fsp3) is 0.562. The maximum Gasteiger partial charge on any atom is 0.338 e. The van der Waals surface area contributed by atoms with Crippen molar-refractivity contribution in [1.82, 2.24) is 0 Å². The molecule has 1 aromatic rings. The van der Waals surface area contributed by atoms with Crippen LogP contribution in [0.1, 0.15) is 61.4 Å². The number of esters is 1. The highest BCUT2D eigenvalue weighted by Gasteiger charge is 2.09. The number of rotatable bonds is 8. The standard InChI is InChI=1S/C16H25NO2/c1-3-4-5-6-7-8-11-19-16(18)15-10-9-14(17)12-13(15)2/h9-10,12H,3-8,11,17H2,1-2H3. The zero-order chi connectivity index (χ0) is 14.1. The molecule has 106 valence electrons. The number of carbonyl (C=O) groups excluding carboxylic acids is 1. The Hall–Kier alpha value is -1.51. The molecule has 0 fully saturated rings. The van der Waals surface area contributed by atoms with Crippen molar-refractivity contribution in [2.75, 3.05) is 12.3 Å². The second-order valence-corrected chi connectivity index (χ2v) is 4.98. The molecule has 2 N–H and O–H groups in total. The van der Waals surface area contributed by atoms with Crippen molar-refractivity contribution in [1.29, 1.82) is 0 Å². The van der Waals surface area contributed by atoms with E-state index in [0.717, 1.165) is 18.4 Å². The lowest BCUT2D eigenvalue weighted by Gasteiger charge is -2.07. The van der Waals surface area contributed by atoms with E-state index in [1.54, 1.807) is 18.2 Å². The summed E-state index contributed by atoms with van der Waals surface area (Å²) in [5.74, 6) is -0.244. The van der Waals surface area contributed by atoms with E-state index in [2.05, 4.69) is 6.92 Å². The molecule has 0 saturated heterocycles. The molecule has 0 aliphatic carbocycles. The minimum absolute atomic E-state index is 0.244. The van der Waals surface area contributed by atoms with E-state index in [1.165, 1.54) is 25.7 Å². The first-order valence-corrected chi connectivity index (χ1v) is 7.18. The number of hydrogen-bond donors (Lipinski definition) is 1. The highest BCUT2D eigenvalue weighted by Crippen LogP contribution is 2.14. The van der Waals surface area contributed by atoms with E-state index in [4.69, 9.17) is 10.5 Å². The normalized spacial score (nSPS) is 10.4. The number of benzene rings is 1. The van der Waals surface area contributed by atoms with Gasteiger partial charge >= 0.3 is 5.97 Å². The second-order valence-electron chi connectivity index (χ2n) is 4.98. The Kier molecular flexibility index (Phi) is 7.01. The molecule has 0 aliphatic heterocycles. The van der Waals surface area contributed by atoms with Gasteiger partial charge in [0.05, 0.1) is 12.2 Å². The lowest BCUT2D eigenvalue weighted by Crippen LogP contribution is -2.08. The zero-order valence-electron chi connectivity index (χ0n) is 12.1. The third kappa shape index (κ3) is 5.77. The summed E-state index contributed by atoms with van der Waals surface area (Å²) in [5, 5.41) is 0. The SMILES string of the molecule is CCCCCCCCOC(=O)c1ccc(N)cc1C. The van der Waals surface area contributed by atoms with Crippen LogP contribution in [0.3, 0.4) is 0 Å². The number of hydrogen-bond acceptors (Lipinski definition) is 3. The van der Waals surface area contributed by atoms with Gasteiger partial charge in [-0.15, -0.1) is 0 Å². The van der Waals surface area contributed by atoms with Crippen LogP contribution in [-0.4, -0.2) is 12.6 Å². The minimum atomic E-state index is -0.244. The molecular formula is C16H25NO2. The van der Waals surface area contributed by atoms with Gasteiger partial charge in [0.1, 0.15) is 0 Å². The molecule has 0 atom stereocenters. The third-order valence-electron chi connectivity index (χ3n) is 3.20. The summed E-state index contributed by atoms with van der Waals surface area (Å²) in [6.45, 7) is 4.59.